The highest BCUT2D eigenvalue weighted by Gasteiger charge is 2.33. The van der Waals surface area contributed by atoms with Gasteiger partial charge >= 0.3 is 0 Å². The molecule has 1 aromatic carbocycles. The Morgan fingerprint density at radius 1 is 1.36 bits per heavy atom. The zero-order valence-electron chi connectivity index (χ0n) is 13.7. The molecule has 2 saturated heterocycles. The van der Waals surface area contributed by atoms with Crippen LogP contribution in [0.1, 0.15) is 37.1 Å². The van der Waals surface area contributed by atoms with Crippen LogP contribution in [-0.2, 0) is 11.3 Å². The SMILES string of the molecule is Fc1ccc(OCc2nc([C@H]3CN4CCCCC4CO3)no2)c(Cl)c1. The van der Waals surface area contributed by atoms with E-state index in [-0.39, 0.29) is 17.7 Å². The topological polar surface area (TPSA) is 60.6 Å². The Labute approximate surface area is 149 Å². The highest BCUT2D eigenvalue weighted by Crippen LogP contribution is 2.29. The number of hydrogen-bond acceptors (Lipinski definition) is 6. The first-order valence-corrected chi connectivity index (χ1v) is 8.83. The van der Waals surface area contributed by atoms with Gasteiger partial charge in [0.15, 0.2) is 6.61 Å². The molecule has 0 aliphatic carbocycles. The fraction of sp³-hybridized carbons (Fsp3) is 0.529. The van der Waals surface area contributed by atoms with Crippen LogP contribution in [-0.4, -0.2) is 40.8 Å². The summed E-state index contributed by atoms with van der Waals surface area (Å²) < 4.78 is 29.7. The first-order valence-electron chi connectivity index (χ1n) is 8.45. The van der Waals surface area contributed by atoms with Gasteiger partial charge in [0, 0.05) is 12.6 Å². The molecule has 6 nitrogen and oxygen atoms in total. The number of fused-ring (bicyclic) bond motifs is 1. The van der Waals surface area contributed by atoms with Crippen molar-refractivity contribution in [1.82, 2.24) is 15.0 Å². The summed E-state index contributed by atoms with van der Waals surface area (Å²) in [6.07, 6.45) is 3.51. The van der Waals surface area contributed by atoms with E-state index in [0.717, 1.165) is 13.1 Å². The third-order valence-corrected chi connectivity index (χ3v) is 4.95. The molecule has 25 heavy (non-hydrogen) atoms. The molecule has 3 heterocycles. The van der Waals surface area contributed by atoms with Crippen LogP contribution in [0.3, 0.4) is 0 Å². The van der Waals surface area contributed by atoms with Crippen LogP contribution >= 0.6 is 11.6 Å². The van der Waals surface area contributed by atoms with Crippen molar-refractivity contribution in [3.8, 4) is 5.75 Å². The van der Waals surface area contributed by atoms with Crippen LogP contribution in [0.15, 0.2) is 22.7 Å². The van der Waals surface area contributed by atoms with Gasteiger partial charge in [-0.2, -0.15) is 4.98 Å². The van der Waals surface area contributed by atoms with Gasteiger partial charge in [-0.25, -0.2) is 4.39 Å². The molecule has 0 amide bonds. The van der Waals surface area contributed by atoms with Crippen LogP contribution in [0.5, 0.6) is 5.75 Å². The fourth-order valence-electron chi connectivity index (χ4n) is 3.33. The number of morpholine rings is 1. The van der Waals surface area contributed by atoms with Crippen LogP contribution in [0.2, 0.25) is 5.02 Å². The Balaban J connectivity index is 1.37. The van der Waals surface area contributed by atoms with Gasteiger partial charge in [0.25, 0.3) is 5.89 Å². The molecule has 2 aliphatic heterocycles. The van der Waals surface area contributed by atoms with E-state index in [4.69, 9.17) is 25.6 Å². The minimum absolute atomic E-state index is 0.0669. The van der Waals surface area contributed by atoms with Crippen LogP contribution in [0, 0.1) is 5.82 Å². The summed E-state index contributed by atoms with van der Waals surface area (Å²) >= 11 is 5.93. The van der Waals surface area contributed by atoms with Gasteiger partial charge in [0.05, 0.1) is 11.6 Å². The van der Waals surface area contributed by atoms with E-state index in [9.17, 15) is 4.39 Å². The lowest BCUT2D eigenvalue weighted by Crippen LogP contribution is -2.49. The molecule has 0 radical (unpaired) electrons. The van der Waals surface area contributed by atoms with E-state index in [1.165, 1.54) is 37.5 Å². The molecule has 2 aromatic rings. The largest absolute Gasteiger partial charge is 0.482 e. The highest BCUT2D eigenvalue weighted by atomic mass is 35.5. The third kappa shape index (κ3) is 3.78. The monoisotopic (exact) mass is 367 g/mol. The normalized spacial score (nSPS) is 24.1. The van der Waals surface area contributed by atoms with Gasteiger partial charge in [-0.05, 0) is 37.6 Å². The Morgan fingerprint density at radius 3 is 3.16 bits per heavy atom. The van der Waals surface area contributed by atoms with E-state index < -0.39 is 5.82 Å². The molecule has 134 valence electrons. The van der Waals surface area contributed by atoms with Crippen molar-refractivity contribution in [3.63, 3.8) is 0 Å². The molecular weight excluding hydrogens is 349 g/mol. The van der Waals surface area contributed by atoms with Gasteiger partial charge in [-0.15, -0.1) is 0 Å². The molecule has 0 N–H and O–H groups in total. The Hall–Kier alpha value is -1.70. The van der Waals surface area contributed by atoms with Gasteiger partial charge in [0.2, 0.25) is 5.82 Å². The Kier molecular flexibility index (Phi) is 4.87. The van der Waals surface area contributed by atoms with Crippen molar-refractivity contribution in [2.24, 2.45) is 0 Å². The molecule has 0 bridgehead atoms. The fourth-order valence-corrected chi connectivity index (χ4v) is 3.55. The number of piperidine rings is 1. The predicted octanol–water partition coefficient (Wildman–Crippen LogP) is 3.37. The predicted molar refractivity (Wildman–Crippen MR) is 87.9 cm³/mol. The number of benzene rings is 1. The molecule has 2 aliphatic rings. The first-order chi connectivity index (χ1) is 12.2. The molecule has 2 fully saturated rings. The molecule has 8 heteroatoms. The molecule has 0 spiro atoms. The minimum atomic E-state index is -0.414. The summed E-state index contributed by atoms with van der Waals surface area (Å²) in [5.74, 6) is 0.823. The van der Waals surface area contributed by atoms with Crippen molar-refractivity contribution in [2.75, 3.05) is 19.7 Å². The summed E-state index contributed by atoms with van der Waals surface area (Å²) in [4.78, 5) is 6.81. The third-order valence-electron chi connectivity index (χ3n) is 4.66. The number of aromatic nitrogens is 2. The zero-order chi connectivity index (χ0) is 17.2. The summed E-state index contributed by atoms with van der Waals surface area (Å²) in [5.41, 5.74) is 0. The summed E-state index contributed by atoms with van der Waals surface area (Å²) in [6.45, 7) is 2.66. The first kappa shape index (κ1) is 16.8. The second-order valence-corrected chi connectivity index (χ2v) is 6.78. The van der Waals surface area contributed by atoms with Crippen molar-refractivity contribution >= 4 is 11.6 Å². The van der Waals surface area contributed by atoms with Gasteiger partial charge < -0.3 is 14.0 Å². The van der Waals surface area contributed by atoms with Crippen molar-refractivity contribution < 1.29 is 18.4 Å². The number of halogens is 2. The number of hydrogen-bond donors (Lipinski definition) is 0. The number of ether oxygens (including phenoxy) is 2. The van der Waals surface area contributed by atoms with E-state index in [1.54, 1.807) is 0 Å². The lowest BCUT2D eigenvalue weighted by atomic mass is 10.0. The minimum Gasteiger partial charge on any atom is -0.482 e. The average Bonchev–Trinajstić information content (AvgIpc) is 3.09. The Morgan fingerprint density at radius 2 is 2.28 bits per heavy atom. The van der Waals surface area contributed by atoms with E-state index in [1.807, 2.05) is 0 Å². The lowest BCUT2D eigenvalue weighted by Gasteiger charge is -2.41. The molecule has 1 unspecified atom stereocenters. The maximum absolute atomic E-state index is 13.0. The number of rotatable bonds is 4. The summed E-state index contributed by atoms with van der Waals surface area (Å²) in [5, 5.41) is 4.22. The van der Waals surface area contributed by atoms with Gasteiger partial charge in [-0.3, -0.25) is 4.90 Å². The molecule has 4 rings (SSSR count). The van der Waals surface area contributed by atoms with E-state index >= 15 is 0 Å². The molecular formula is C17H19ClFN3O3. The smallest absolute Gasteiger partial charge is 0.264 e. The van der Waals surface area contributed by atoms with Crippen molar-refractivity contribution in [1.29, 1.82) is 0 Å². The second-order valence-electron chi connectivity index (χ2n) is 6.38. The quantitative estimate of drug-likeness (QED) is 0.825. The van der Waals surface area contributed by atoms with Crippen LogP contribution < -0.4 is 4.74 Å². The molecule has 0 saturated carbocycles. The number of nitrogens with zero attached hydrogens (tertiary/aromatic N) is 3. The van der Waals surface area contributed by atoms with E-state index in [2.05, 4.69) is 15.0 Å². The summed E-state index contributed by atoms with van der Waals surface area (Å²) in [6, 6.07) is 4.46. The lowest BCUT2D eigenvalue weighted by molar-refractivity contribution is -0.0805. The molecule has 2 atom stereocenters. The van der Waals surface area contributed by atoms with Crippen molar-refractivity contribution in [3.05, 3.63) is 40.8 Å². The van der Waals surface area contributed by atoms with E-state index in [0.29, 0.717) is 30.1 Å². The second kappa shape index (κ2) is 7.27. The maximum atomic E-state index is 13.0. The van der Waals surface area contributed by atoms with Crippen LogP contribution in [0.25, 0.3) is 0 Å². The summed E-state index contributed by atoms with van der Waals surface area (Å²) in [7, 11) is 0. The van der Waals surface area contributed by atoms with Gasteiger partial charge in [0.1, 0.15) is 17.7 Å². The zero-order valence-corrected chi connectivity index (χ0v) is 14.4. The molecule has 1 aromatic heterocycles. The maximum Gasteiger partial charge on any atom is 0.264 e. The average molecular weight is 368 g/mol. The van der Waals surface area contributed by atoms with Crippen LogP contribution in [0.4, 0.5) is 4.39 Å². The highest BCUT2D eigenvalue weighted by molar-refractivity contribution is 6.32. The standard InChI is InChI=1S/C17H19ClFN3O3/c18-13-7-11(19)4-5-14(13)24-10-16-20-17(21-25-16)15-8-22-6-2-1-3-12(22)9-23-15/h4-5,7,12,15H,1-3,6,8-10H2/t12?,15-/m1/s1. The van der Waals surface area contributed by atoms with Gasteiger partial charge in [-0.1, -0.05) is 23.2 Å². The van der Waals surface area contributed by atoms with Crippen molar-refractivity contribution in [2.45, 2.75) is 38.0 Å². The Bertz CT molecular complexity index is 742.